The average Bonchev–Trinajstić information content (AvgIpc) is 2.56. The highest BCUT2D eigenvalue weighted by atomic mass is 32.2. The maximum absolute atomic E-state index is 11.5. The van der Waals surface area contributed by atoms with Crippen LogP contribution in [0.3, 0.4) is 0 Å². The molecular weight excluding hydrogens is 246 g/mol. The van der Waals surface area contributed by atoms with E-state index >= 15 is 0 Å². The van der Waals surface area contributed by atoms with Crippen molar-refractivity contribution in [2.24, 2.45) is 5.41 Å². The van der Waals surface area contributed by atoms with Crippen molar-refractivity contribution in [1.82, 2.24) is 0 Å². The first-order valence-electron chi connectivity index (χ1n) is 6.32. The summed E-state index contributed by atoms with van der Waals surface area (Å²) in [6, 6.07) is 5.78. The van der Waals surface area contributed by atoms with E-state index in [1.807, 2.05) is 30.0 Å². The van der Waals surface area contributed by atoms with E-state index in [2.05, 4.69) is 5.32 Å². The summed E-state index contributed by atoms with van der Waals surface area (Å²) in [5.74, 6) is 0.914. The number of thioether (sulfide) groups is 1. The Labute approximate surface area is 111 Å². The Balaban J connectivity index is 1.85. The van der Waals surface area contributed by atoms with Crippen LogP contribution in [0.15, 0.2) is 23.1 Å². The molecule has 1 aliphatic heterocycles. The van der Waals surface area contributed by atoms with Gasteiger partial charge in [-0.1, -0.05) is 6.42 Å². The molecule has 4 heteroatoms. The van der Waals surface area contributed by atoms with Crippen LogP contribution >= 0.6 is 11.8 Å². The van der Waals surface area contributed by atoms with E-state index < -0.39 is 0 Å². The molecule has 18 heavy (non-hydrogen) atoms. The Morgan fingerprint density at radius 2 is 2.28 bits per heavy atom. The molecule has 0 aromatic heterocycles. The number of methoxy groups -OCH3 is 1. The molecule has 1 saturated carbocycles. The van der Waals surface area contributed by atoms with E-state index in [1.165, 1.54) is 37.0 Å². The molecule has 96 valence electrons. The minimum atomic E-state index is -0.271. The smallest absolute Gasteiger partial charge is 0.337 e. The first kappa shape index (κ1) is 11.9. The summed E-state index contributed by atoms with van der Waals surface area (Å²) in [5.41, 5.74) is 2.18. The van der Waals surface area contributed by atoms with Gasteiger partial charge in [-0.2, -0.15) is 0 Å². The lowest BCUT2D eigenvalue weighted by atomic mass is 9.70. The van der Waals surface area contributed by atoms with Crippen LogP contribution in [0.5, 0.6) is 0 Å². The van der Waals surface area contributed by atoms with Crippen molar-refractivity contribution in [2.45, 2.75) is 24.2 Å². The summed E-state index contributed by atoms with van der Waals surface area (Å²) in [5, 5.41) is 3.51. The summed E-state index contributed by atoms with van der Waals surface area (Å²) < 4.78 is 4.76. The molecular formula is C14H17NO2S. The SMILES string of the molecule is COC(=O)c1ccc2c(c1)NCC1(CCC1)CS2. The van der Waals surface area contributed by atoms with Crippen molar-refractivity contribution >= 4 is 23.4 Å². The van der Waals surface area contributed by atoms with Crippen LogP contribution in [-0.4, -0.2) is 25.4 Å². The number of benzene rings is 1. The number of rotatable bonds is 1. The standard InChI is InChI=1S/C14H17NO2S/c1-17-13(16)10-3-4-12-11(7-10)15-8-14(9-18-12)5-2-6-14/h3-4,7,15H,2,5-6,8-9H2,1H3. The van der Waals surface area contributed by atoms with Crippen LogP contribution in [0.1, 0.15) is 29.6 Å². The summed E-state index contributed by atoms with van der Waals surface area (Å²) in [4.78, 5) is 12.8. The number of carbonyl (C=O) groups excluding carboxylic acids is 1. The van der Waals surface area contributed by atoms with Gasteiger partial charge in [-0.3, -0.25) is 0 Å². The lowest BCUT2D eigenvalue weighted by Crippen LogP contribution is -2.37. The third-order valence-corrected chi connectivity index (χ3v) is 5.43. The van der Waals surface area contributed by atoms with Crippen molar-refractivity contribution in [3.63, 3.8) is 0 Å². The summed E-state index contributed by atoms with van der Waals surface area (Å²) in [6.07, 6.45) is 4.00. The van der Waals surface area contributed by atoms with Crippen molar-refractivity contribution in [1.29, 1.82) is 0 Å². The number of esters is 1. The molecule has 1 aromatic rings. The van der Waals surface area contributed by atoms with Gasteiger partial charge in [0.05, 0.1) is 12.7 Å². The predicted molar refractivity (Wildman–Crippen MR) is 73.3 cm³/mol. The minimum absolute atomic E-state index is 0.271. The highest BCUT2D eigenvalue weighted by molar-refractivity contribution is 7.99. The van der Waals surface area contributed by atoms with E-state index in [9.17, 15) is 4.79 Å². The molecule has 3 rings (SSSR count). The monoisotopic (exact) mass is 263 g/mol. The van der Waals surface area contributed by atoms with Gasteiger partial charge in [0.1, 0.15) is 0 Å². The largest absolute Gasteiger partial charge is 0.465 e. The zero-order valence-corrected chi connectivity index (χ0v) is 11.3. The van der Waals surface area contributed by atoms with Crippen LogP contribution in [-0.2, 0) is 4.74 Å². The molecule has 3 nitrogen and oxygen atoms in total. The Hall–Kier alpha value is -1.16. The van der Waals surface area contributed by atoms with Crippen LogP contribution < -0.4 is 5.32 Å². The zero-order valence-electron chi connectivity index (χ0n) is 10.5. The zero-order chi connectivity index (χ0) is 12.6. The van der Waals surface area contributed by atoms with Gasteiger partial charge in [0.25, 0.3) is 0 Å². The van der Waals surface area contributed by atoms with Crippen molar-refractivity contribution in [2.75, 3.05) is 24.7 Å². The van der Waals surface area contributed by atoms with Crippen molar-refractivity contribution < 1.29 is 9.53 Å². The average molecular weight is 263 g/mol. The number of nitrogens with one attached hydrogen (secondary N) is 1. The molecule has 0 radical (unpaired) electrons. The van der Waals surface area contributed by atoms with Crippen molar-refractivity contribution in [3.05, 3.63) is 23.8 Å². The van der Waals surface area contributed by atoms with Gasteiger partial charge in [0, 0.05) is 22.9 Å². The highest BCUT2D eigenvalue weighted by Gasteiger charge is 2.38. The lowest BCUT2D eigenvalue weighted by molar-refractivity contribution is 0.0600. The van der Waals surface area contributed by atoms with Crippen LogP contribution in [0.2, 0.25) is 0 Å². The summed E-state index contributed by atoms with van der Waals surface area (Å²) >= 11 is 1.91. The van der Waals surface area contributed by atoms with Crippen LogP contribution in [0, 0.1) is 5.41 Å². The van der Waals surface area contributed by atoms with Gasteiger partial charge in [-0.05, 0) is 36.5 Å². The molecule has 1 spiro atoms. The Morgan fingerprint density at radius 3 is 2.94 bits per heavy atom. The van der Waals surface area contributed by atoms with E-state index in [0.717, 1.165) is 12.2 Å². The number of ether oxygens (including phenoxy) is 1. The maximum Gasteiger partial charge on any atom is 0.337 e. The topological polar surface area (TPSA) is 38.3 Å². The first-order chi connectivity index (χ1) is 8.72. The molecule has 1 heterocycles. The molecule has 1 aliphatic carbocycles. The summed E-state index contributed by atoms with van der Waals surface area (Å²) in [7, 11) is 1.42. The van der Waals surface area contributed by atoms with Gasteiger partial charge >= 0.3 is 5.97 Å². The molecule has 1 N–H and O–H groups in total. The second kappa shape index (κ2) is 4.50. The molecule has 0 amide bonds. The number of carbonyl (C=O) groups is 1. The number of hydrogen-bond acceptors (Lipinski definition) is 4. The lowest BCUT2D eigenvalue weighted by Gasteiger charge is -2.40. The first-order valence-corrected chi connectivity index (χ1v) is 7.30. The van der Waals surface area contributed by atoms with Crippen LogP contribution in [0.25, 0.3) is 0 Å². The van der Waals surface area contributed by atoms with Gasteiger partial charge in [0.15, 0.2) is 0 Å². The number of hydrogen-bond donors (Lipinski definition) is 1. The second-order valence-corrected chi connectivity index (χ2v) is 6.22. The van der Waals surface area contributed by atoms with Gasteiger partial charge in [-0.15, -0.1) is 11.8 Å². The van der Waals surface area contributed by atoms with E-state index in [0.29, 0.717) is 11.0 Å². The quantitative estimate of drug-likeness (QED) is 0.790. The molecule has 2 aliphatic rings. The third-order valence-electron chi connectivity index (χ3n) is 4.00. The molecule has 0 atom stereocenters. The fraction of sp³-hybridized carbons (Fsp3) is 0.500. The highest BCUT2D eigenvalue weighted by Crippen LogP contribution is 2.48. The molecule has 1 aromatic carbocycles. The molecule has 0 bridgehead atoms. The molecule has 0 unspecified atom stereocenters. The van der Waals surface area contributed by atoms with E-state index in [1.54, 1.807) is 0 Å². The number of anilines is 1. The van der Waals surface area contributed by atoms with Gasteiger partial charge < -0.3 is 10.1 Å². The summed E-state index contributed by atoms with van der Waals surface area (Å²) in [6.45, 7) is 1.03. The Bertz CT molecular complexity index is 483. The van der Waals surface area contributed by atoms with Gasteiger partial charge in [-0.25, -0.2) is 4.79 Å². The minimum Gasteiger partial charge on any atom is -0.465 e. The Kier molecular flexibility index (Phi) is 2.98. The fourth-order valence-electron chi connectivity index (χ4n) is 2.60. The van der Waals surface area contributed by atoms with Gasteiger partial charge in [0.2, 0.25) is 0 Å². The van der Waals surface area contributed by atoms with E-state index in [-0.39, 0.29) is 5.97 Å². The number of fused-ring (bicyclic) bond motifs is 1. The molecule has 0 saturated heterocycles. The predicted octanol–water partition coefficient (Wildman–Crippen LogP) is 3.16. The fourth-order valence-corrected chi connectivity index (χ4v) is 3.90. The second-order valence-electron chi connectivity index (χ2n) is 5.20. The normalized spacial score (nSPS) is 20.3. The van der Waals surface area contributed by atoms with E-state index in [4.69, 9.17) is 4.74 Å². The van der Waals surface area contributed by atoms with Crippen molar-refractivity contribution in [3.8, 4) is 0 Å². The Morgan fingerprint density at radius 1 is 1.44 bits per heavy atom. The molecule has 1 fully saturated rings. The third kappa shape index (κ3) is 1.99. The maximum atomic E-state index is 11.5. The van der Waals surface area contributed by atoms with Crippen LogP contribution in [0.4, 0.5) is 5.69 Å².